The third-order valence-electron chi connectivity index (χ3n) is 3.20. The van der Waals surface area contributed by atoms with E-state index in [0.29, 0.717) is 19.4 Å². The smallest absolute Gasteiger partial charge is 0.234 e. The first kappa shape index (κ1) is 16.7. The lowest BCUT2D eigenvalue weighted by Gasteiger charge is -2.34. The summed E-state index contributed by atoms with van der Waals surface area (Å²) in [6.45, 7) is 7.78. The van der Waals surface area contributed by atoms with Crippen molar-refractivity contribution < 1.29 is 14.7 Å². The van der Waals surface area contributed by atoms with Gasteiger partial charge < -0.3 is 21.0 Å². The van der Waals surface area contributed by atoms with Gasteiger partial charge in [-0.25, -0.2) is 0 Å². The molecule has 18 heavy (non-hydrogen) atoms. The number of ether oxygens (including phenoxy) is 1. The normalized spacial score (nSPS) is 13.5. The van der Waals surface area contributed by atoms with Gasteiger partial charge in [-0.1, -0.05) is 19.0 Å². The molecule has 0 fully saturated rings. The molecule has 6 nitrogen and oxygen atoms in total. The van der Waals surface area contributed by atoms with Gasteiger partial charge in [0.05, 0.1) is 12.1 Å². The molecular weight excluding hydrogens is 234 g/mol. The van der Waals surface area contributed by atoms with Crippen LogP contribution in [0.15, 0.2) is 5.16 Å². The molecule has 0 saturated carbocycles. The van der Waals surface area contributed by atoms with Crippen LogP contribution in [0.4, 0.5) is 0 Å². The first-order valence-corrected chi connectivity index (χ1v) is 6.09. The van der Waals surface area contributed by atoms with Crippen LogP contribution in [-0.4, -0.2) is 36.2 Å². The van der Waals surface area contributed by atoms with Crippen molar-refractivity contribution in [2.24, 2.45) is 16.3 Å². The Hall–Kier alpha value is -1.30. The van der Waals surface area contributed by atoms with Gasteiger partial charge in [-0.15, -0.1) is 0 Å². The number of oxime groups is 1. The molecule has 0 aliphatic heterocycles. The minimum atomic E-state index is -0.972. The monoisotopic (exact) mass is 259 g/mol. The first-order chi connectivity index (χ1) is 8.29. The number of methoxy groups -OCH3 is 1. The van der Waals surface area contributed by atoms with Gasteiger partial charge in [-0.2, -0.15) is 0 Å². The zero-order valence-electron chi connectivity index (χ0n) is 11.9. The van der Waals surface area contributed by atoms with Gasteiger partial charge in [-0.05, 0) is 26.7 Å². The summed E-state index contributed by atoms with van der Waals surface area (Å²) < 4.78 is 5.05. The number of hydrogen-bond acceptors (Lipinski definition) is 4. The number of carbonyl (C=O) groups excluding carboxylic acids is 1. The predicted molar refractivity (Wildman–Crippen MR) is 70.5 cm³/mol. The van der Waals surface area contributed by atoms with E-state index in [-0.39, 0.29) is 11.7 Å². The van der Waals surface area contributed by atoms with E-state index in [0.717, 1.165) is 0 Å². The number of amides is 1. The second-order valence-electron chi connectivity index (χ2n) is 5.05. The average Bonchev–Trinajstić information content (AvgIpc) is 2.30. The molecule has 4 N–H and O–H groups in total. The van der Waals surface area contributed by atoms with Gasteiger partial charge in [0.1, 0.15) is 5.41 Å². The maximum Gasteiger partial charge on any atom is 0.234 e. The molecule has 0 saturated heterocycles. The van der Waals surface area contributed by atoms with E-state index in [1.807, 2.05) is 27.7 Å². The van der Waals surface area contributed by atoms with Crippen molar-refractivity contribution in [3.8, 4) is 0 Å². The van der Waals surface area contributed by atoms with Crippen molar-refractivity contribution in [1.82, 2.24) is 5.32 Å². The molecule has 0 aromatic carbocycles. The topological polar surface area (TPSA) is 96.9 Å². The SMILES string of the molecule is CCC(CC)(C(=O)NC(C)(C)COC)C(N)=NO. The predicted octanol–water partition coefficient (Wildman–Crippen LogP) is 1.08. The highest BCUT2D eigenvalue weighted by Crippen LogP contribution is 2.28. The molecule has 0 rings (SSSR count). The molecule has 0 aromatic heterocycles. The van der Waals surface area contributed by atoms with E-state index in [9.17, 15) is 4.79 Å². The number of amidine groups is 1. The molecule has 1 amide bonds. The third-order valence-corrected chi connectivity index (χ3v) is 3.20. The number of nitrogens with zero attached hydrogens (tertiary/aromatic N) is 1. The maximum absolute atomic E-state index is 12.4. The molecule has 0 aromatic rings. The minimum absolute atomic E-state index is 0.0572. The van der Waals surface area contributed by atoms with E-state index >= 15 is 0 Å². The summed E-state index contributed by atoms with van der Waals surface area (Å²) in [6.07, 6.45) is 0.933. The molecule has 106 valence electrons. The van der Waals surface area contributed by atoms with Crippen molar-refractivity contribution in [3.05, 3.63) is 0 Å². The summed E-state index contributed by atoms with van der Waals surface area (Å²) in [5, 5.41) is 14.7. The van der Waals surface area contributed by atoms with Gasteiger partial charge in [0.2, 0.25) is 5.91 Å². The second kappa shape index (κ2) is 6.58. The maximum atomic E-state index is 12.4. The summed E-state index contributed by atoms with van der Waals surface area (Å²) in [7, 11) is 1.57. The summed E-state index contributed by atoms with van der Waals surface area (Å²) >= 11 is 0. The fraction of sp³-hybridized carbons (Fsp3) is 0.833. The Kier molecular flexibility index (Phi) is 6.11. The van der Waals surface area contributed by atoms with E-state index in [4.69, 9.17) is 15.7 Å². The Balaban J connectivity index is 5.12. The Morgan fingerprint density at radius 3 is 2.22 bits per heavy atom. The Bertz CT molecular complexity index is 310. The zero-order chi connectivity index (χ0) is 14.4. The van der Waals surface area contributed by atoms with E-state index in [1.54, 1.807) is 7.11 Å². The Morgan fingerprint density at radius 1 is 1.39 bits per heavy atom. The van der Waals surface area contributed by atoms with Crippen LogP contribution in [0.3, 0.4) is 0 Å². The first-order valence-electron chi connectivity index (χ1n) is 6.09. The van der Waals surface area contributed by atoms with Crippen LogP contribution in [0.5, 0.6) is 0 Å². The molecule has 0 bridgehead atoms. The van der Waals surface area contributed by atoms with Crippen LogP contribution < -0.4 is 11.1 Å². The fourth-order valence-corrected chi connectivity index (χ4v) is 1.97. The van der Waals surface area contributed by atoms with Crippen LogP contribution in [-0.2, 0) is 9.53 Å². The largest absolute Gasteiger partial charge is 0.409 e. The number of rotatable bonds is 7. The van der Waals surface area contributed by atoms with Gasteiger partial charge in [0, 0.05) is 7.11 Å². The van der Waals surface area contributed by atoms with Gasteiger partial charge in [0.15, 0.2) is 5.84 Å². The molecule has 0 unspecified atom stereocenters. The van der Waals surface area contributed by atoms with E-state index in [1.165, 1.54) is 0 Å². The number of carbonyl (C=O) groups is 1. The second-order valence-corrected chi connectivity index (χ2v) is 5.05. The summed E-state index contributed by atoms with van der Waals surface area (Å²) in [5.41, 5.74) is 4.20. The lowest BCUT2D eigenvalue weighted by molar-refractivity contribution is -0.130. The summed E-state index contributed by atoms with van der Waals surface area (Å²) in [4.78, 5) is 12.4. The van der Waals surface area contributed by atoms with Crippen LogP contribution in [0.1, 0.15) is 40.5 Å². The third kappa shape index (κ3) is 3.60. The highest BCUT2D eigenvalue weighted by molar-refractivity contribution is 6.06. The Morgan fingerprint density at radius 2 is 1.89 bits per heavy atom. The number of hydrogen-bond donors (Lipinski definition) is 3. The molecular formula is C12H25N3O3. The van der Waals surface area contributed by atoms with Gasteiger partial charge in [0.25, 0.3) is 0 Å². The van der Waals surface area contributed by atoms with Crippen LogP contribution >= 0.6 is 0 Å². The molecule has 0 aliphatic carbocycles. The molecule has 0 spiro atoms. The average molecular weight is 259 g/mol. The van der Waals surface area contributed by atoms with Crippen molar-refractivity contribution in [2.75, 3.05) is 13.7 Å². The molecule has 0 radical (unpaired) electrons. The van der Waals surface area contributed by atoms with E-state index < -0.39 is 11.0 Å². The Labute approximate surface area is 109 Å². The van der Waals surface area contributed by atoms with Crippen molar-refractivity contribution >= 4 is 11.7 Å². The lowest BCUT2D eigenvalue weighted by atomic mass is 9.79. The summed E-state index contributed by atoms with van der Waals surface area (Å²) in [5.74, 6) is -0.303. The standard InChI is InChI=1S/C12H25N3O3/c1-6-12(7-2,9(13)15-17)10(16)14-11(3,4)8-18-5/h17H,6-8H2,1-5H3,(H2,13,15)(H,14,16). The summed E-state index contributed by atoms with van der Waals surface area (Å²) in [6, 6.07) is 0. The highest BCUT2D eigenvalue weighted by atomic mass is 16.5. The molecule has 6 heteroatoms. The van der Waals surface area contributed by atoms with Crippen molar-refractivity contribution in [2.45, 2.75) is 46.1 Å². The van der Waals surface area contributed by atoms with Crippen LogP contribution in [0, 0.1) is 5.41 Å². The molecule has 0 heterocycles. The number of nitrogens with one attached hydrogen (secondary N) is 1. The van der Waals surface area contributed by atoms with Crippen LogP contribution in [0.25, 0.3) is 0 Å². The lowest BCUT2D eigenvalue weighted by Crippen LogP contribution is -2.56. The zero-order valence-corrected chi connectivity index (χ0v) is 11.9. The van der Waals surface area contributed by atoms with E-state index in [2.05, 4.69) is 10.5 Å². The van der Waals surface area contributed by atoms with Gasteiger partial charge in [-0.3, -0.25) is 4.79 Å². The molecule has 0 aliphatic rings. The number of nitrogens with two attached hydrogens (primary N) is 1. The quantitative estimate of drug-likeness (QED) is 0.276. The van der Waals surface area contributed by atoms with Crippen LogP contribution in [0.2, 0.25) is 0 Å². The van der Waals surface area contributed by atoms with Crippen molar-refractivity contribution in [1.29, 1.82) is 0 Å². The minimum Gasteiger partial charge on any atom is -0.409 e. The highest BCUT2D eigenvalue weighted by Gasteiger charge is 2.41. The van der Waals surface area contributed by atoms with Crippen molar-refractivity contribution in [3.63, 3.8) is 0 Å². The van der Waals surface area contributed by atoms with Gasteiger partial charge >= 0.3 is 0 Å². The fourth-order valence-electron chi connectivity index (χ4n) is 1.97. The molecule has 0 atom stereocenters.